The Balaban J connectivity index is 1.70. The van der Waals surface area contributed by atoms with Crippen molar-refractivity contribution >= 4 is 5.97 Å². The summed E-state index contributed by atoms with van der Waals surface area (Å²) < 4.78 is 55.5. The molecule has 3 aromatic rings. The molecule has 0 saturated heterocycles. The summed E-state index contributed by atoms with van der Waals surface area (Å²) in [5.41, 5.74) is 1.58. The van der Waals surface area contributed by atoms with E-state index in [-0.39, 0.29) is 24.5 Å². The van der Waals surface area contributed by atoms with Gasteiger partial charge in [0, 0.05) is 18.6 Å². The van der Waals surface area contributed by atoms with Crippen LogP contribution in [0.2, 0.25) is 0 Å². The third-order valence-electron chi connectivity index (χ3n) is 5.07. The average molecular weight is 463 g/mol. The molecule has 0 fully saturated rings. The fourth-order valence-corrected chi connectivity index (χ4v) is 3.27. The summed E-state index contributed by atoms with van der Waals surface area (Å²) in [6, 6.07) is 10.1. The van der Waals surface area contributed by atoms with Crippen molar-refractivity contribution in [3.63, 3.8) is 0 Å². The van der Waals surface area contributed by atoms with Crippen LogP contribution in [0.5, 0.6) is 5.75 Å². The fraction of sp³-hybridized carbons (Fsp3) is 0.333. The van der Waals surface area contributed by atoms with Crippen LogP contribution >= 0.6 is 0 Å². The molecule has 0 spiro atoms. The quantitative estimate of drug-likeness (QED) is 0.446. The molecule has 3 rings (SSSR count). The number of aryl methyl sites for hydroxylation is 2. The number of alkyl halides is 3. The zero-order valence-corrected chi connectivity index (χ0v) is 18.4. The summed E-state index contributed by atoms with van der Waals surface area (Å²) in [6.45, 7) is 5.61. The van der Waals surface area contributed by atoms with Crippen molar-refractivity contribution in [1.29, 1.82) is 0 Å². The normalized spacial score (nSPS) is 12.5. The lowest BCUT2D eigenvalue weighted by Crippen LogP contribution is -2.26. The monoisotopic (exact) mass is 463 g/mol. The molecule has 1 unspecified atom stereocenters. The van der Waals surface area contributed by atoms with Gasteiger partial charge in [0.25, 0.3) is 0 Å². The molecule has 0 radical (unpaired) electrons. The molecule has 0 aliphatic carbocycles. The van der Waals surface area contributed by atoms with E-state index in [1.165, 1.54) is 12.1 Å². The smallest absolute Gasteiger partial charge is 0.416 e. The largest absolute Gasteiger partial charge is 0.487 e. The second-order valence-corrected chi connectivity index (χ2v) is 7.46. The number of carbonyl (C=O) groups is 1. The lowest BCUT2D eigenvalue weighted by molar-refractivity contribution is -0.150. The highest BCUT2D eigenvalue weighted by molar-refractivity contribution is 5.72. The molecule has 1 aromatic heterocycles. The van der Waals surface area contributed by atoms with Crippen LogP contribution in [0.3, 0.4) is 0 Å². The van der Waals surface area contributed by atoms with Gasteiger partial charge in [-0.3, -0.25) is 0 Å². The summed E-state index contributed by atoms with van der Waals surface area (Å²) in [7, 11) is 0. The molecule has 2 aromatic carbocycles. The number of aromatic nitrogens is 1. The summed E-state index contributed by atoms with van der Waals surface area (Å²) in [5, 5.41) is 9.27. The van der Waals surface area contributed by atoms with Gasteiger partial charge in [0.2, 0.25) is 5.89 Å². The van der Waals surface area contributed by atoms with Crippen LogP contribution in [-0.4, -0.2) is 28.8 Å². The van der Waals surface area contributed by atoms with Gasteiger partial charge in [-0.25, -0.2) is 9.78 Å². The van der Waals surface area contributed by atoms with Crippen LogP contribution in [0.15, 0.2) is 46.9 Å². The van der Waals surface area contributed by atoms with Crippen molar-refractivity contribution in [1.82, 2.24) is 4.98 Å². The zero-order chi connectivity index (χ0) is 24.2. The Morgan fingerprint density at radius 2 is 1.94 bits per heavy atom. The second kappa shape index (κ2) is 10.1. The number of hydrogen-bond donors (Lipinski definition) is 1. The first-order valence-corrected chi connectivity index (χ1v) is 10.3. The number of rotatable bonds is 9. The van der Waals surface area contributed by atoms with Gasteiger partial charge in [-0.15, -0.1) is 0 Å². The molecule has 176 valence electrons. The Bertz CT molecular complexity index is 1120. The highest BCUT2D eigenvalue weighted by Crippen LogP contribution is 2.32. The first kappa shape index (κ1) is 24.3. The van der Waals surface area contributed by atoms with Crippen LogP contribution in [-0.2, 0) is 28.7 Å². The van der Waals surface area contributed by atoms with E-state index < -0.39 is 23.8 Å². The van der Waals surface area contributed by atoms with Crippen LogP contribution in [0.4, 0.5) is 13.2 Å². The molecule has 0 aliphatic rings. The molecule has 0 aliphatic heterocycles. The minimum Gasteiger partial charge on any atom is -0.487 e. The van der Waals surface area contributed by atoms with Gasteiger partial charge < -0.3 is 19.0 Å². The zero-order valence-electron chi connectivity index (χ0n) is 18.4. The molecule has 33 heavy (non-hydrogen) atoms. The van der Waals surface area contributed by atoms with E-state index in [9.17, 15) is 23.1 Å². The lowest BCUT2D eigenvalue weighted by atomic mass is 10.0. The van der Waals surface area contributed by atoms with Gasteiger partial charge in [0.1, 0.15) is 23.8 Å². The highest BCUT2D eigenvalue weighted by Gasteiger charge is 2.31. The van der Waals surface area contributed by atoms with Gasteiger partial charge in [0.05, 0.1) is 5.56 Å². The van der Waals surface area contributed by atoms with Gasteiger partial charge in [-0.1, -0.05) is 12.1 Å². The molecule has 6 nitrogen and oxygen atoms in total. The first-order chi connectivity index (χ1) is 15.6. The Kier molecular flexibility index (Phi) is 7.43. The Labute approximate surface area is 189 Å². The number of nitrogens with zero attached hydrogens (tertiary/aromatic N) is 1. The van der Waals surface area contributed by atoms with Crippen LogP contribution in [0.1, 0.15) is 35.1 Å². The SMILES string of the molecule is CCOC(Cc1ccc(OCc2nc(-c3cccc(C(F)(F)F)c3)oc2C)cc1C)C(=O)O. The number of carboxylic acid groups (broad SMARTS) is 1. The summed E-state index contributed by atoms with van der Waals surface area (Å²) >= 11 is 0. The molecule has 0 saturated carbocycles. The second-order valence-electron chi connectivity index (χ2n) is 7.46. The van der Waals surface area contributed by atoms with E-state index in [4.69, 9.17) is 13.9 Å². The van der Waals surface area contributed by atoms with Gasteiger partial charge in [-0.05, 0) is 62.2 Å². The number of ether oxygens (including phenoxy) is 2. The Hall–Kier alpha value is -3.33. The number of oxazole rings is 1. The van der Waals surface area contributed by atoms with E-state index in [2.05, 4.69) is 4.98 Å². The highest BCUT2D eigenvalue weighted by atomic mass is 19.4. The Morgan fingerprint density at radius 1 is 1.18 bits per heavy atom. The molecule has 0 bridgehead atoms. The summed E-state index contributed by atoms with van der Waals surface area (Å²) in [6.07, 6.45) is -5.15. The molecular weight excluding hydrogens is 439 g/mol. The molecule has 0 amide bonds. The molecule has 1 atom stereocenters. The maximum Gasteiger partial charge on any atom is 0.416 e. The summed E-state index contributed by atoms with van der Waals surface area (Å²) in [4.78, 5) is 15.6. The predicted octanol–water partition coefficient (Wildman–Crippen LogP) is 5.59. The maximum atomic E-state index is 13.0. The molecule has 1 heterocycles. The van der Waals surface area contributed by atoms with E-state index in [1.807, 2.05) is 6.92 Å². The van der Waals surface area contributed by atoms with Gasteiger partial charge in [-0.2, -0.15) is 13.2 Å². The predicted molar refractivity (Wildman–Crippen MR) is 114 cm³/mol. The number of halogens is 3. The topological polar surface area (TPSA) is 81.8 Å². The standard InChI is InChI=1S/C24H24F3NO5/c1-4-31-21(23(29)30)12-16-8-9-19(10-14(16)2)32-13-20-15(3)33-22(28-20)17-6-5-7-18(11-17)24(25,26)27/h5-11,21H,4,12-13H2,1-3H3,(H,29,30). The van der Waals surface area contributed by atoms with Gasteiger partial charge >= 0.3 is 12.1 Å². The third-order valence-corrected chi connectivity index (χ3v) is 5.07. The van der Waals surface area contributed by atoms with Crippen LogP contribution in [0, 0.1) is 13.8 Å². The fourth-order valence-electron chi connectivity index (χ4n) is 3.27. The lowest BCUT2D eigenvalue weighted by Gasteiger charge is -2.15. The number of hydrogen-bond acceptors (Lipinski definition) is 5. The van der Waals surface area contributed by atoms with Crippen molar-refractivity contribution in [2.75, 3.05) is 6.61 Å². The van der Waals surface area contributed by atoms with Crippen LogP contribution < -0.4 is 4.74 Å². The summed E-state index contributed by atoms with van der Waals surface area (Å²) in [5.74, 6) is 0.0494. The third kappa shape index (κ3) is 6.13. The van der Waals surface area contributed by atoms with Crippen LogP contribution in [0.25, 0.3) is 11.5 Å². The van der Waals surface area contributed by atoms with Gasteiger partial charge in [0.15, 0.2) is 6.10 Å². The maximum absolute atomic E-state index is 13.0. The Morgan fingerprint density at radius 3 is 2.58 bits per heavy atom. The molecule has 9 heteroatoms. The van der Waals surface area contributed by atoms with E-state index in [0.717, 1.165) is 23.3 Å². The van der Waals surface area contributed by atoms with Crippen molar-refractivity contribution < 1.29 is 37.0 Å². The van der Waals surface area contributed by atoms with E-state index in [1.54, 1.807) is 32.0 Å². The molecular formula is C24H24F3NO5. The number of carboxylic acids is 1. The van der Waals surface area contributed by atoms with Crippen molar-refractivity contribution in [2.24, 2.45) is 0 Å². The van der Waals surface area contributed by atoms with E-state index >= 15 is 0 Å². The number of aliphatic carboxylic acids is 1. The minimum atomic E-state index is -4.46. The van der Waals surface area contributed by atoms with Crippen molar-refractivity contribution in [3.05, 3.63) is 70.6 Å². The average Bonchev–Trinajstić information content (AvgIpc) is 3.13. The minimum absolute atomic E-state index is 0.0593. The van der Waals surface area contributed by atoms with Crippen molar-refractivity contribution in [2.45, 2.75) is 46.1 Å². The molecule has 1 N–H and O–H groups in total. The first-order valence-electron chi connectivity index (χ1n) is 10.3. The number of benzene rings is 2. The van der Waals surface area contributed by atoms with Crippen molar-refractivity contribution in [3.8, 4) is 17.2 Å². The van der Waals surface area contributed by atoms with E-state index in [0.29, 0.717) is 23.8 Å².